The average molecular weight is 625 g/mol. The molecule has 228 valence electrons. The number of alkyl halides is 3. The first-order valence-electron chi connectivity index (χ1n) is 13.8. The lowest BCUT2D eigenvalue weighted by atomic mass is 10.1. The predicted molar refractivity (Wildman–Crippen MR) is 162 cm³/mol. The van der Waals surface area contributed by atoms with E-state index < -0.39 is 23.6 Å². The number of carbonyl (C=O) groups is 2. The van der Waals surface area contributed by atoms with Gasteiger partial charge in [-0.25, -0.2) is 9.97 Å². The van der Waals surface area contributed by atoms with Crippen LogP contribution in [0.25, 0.3) is 0 Å². The van der Waals surface area contributed by atoms with Crippen molar-refractivity contribution in [2.75, 3.05) is 42.2 Å². The summed E-state index contributed by atoms with van der Waals surface area (Å²) >= 11 is 6.24. The lowest BCUT2D eigenvalue weighted by Crippen LogP contribution is -2.25. The highest BCUT2D eigenvalue weighted by Crippen LogP contribution is 2.30. The molecule has 2 amide bonds. The van der Waals surface area contributed by atoms with Crippen molar-refractivity contribution in [1.29, 1.82) is 0 Å². The van der Waals surface area contributed by atoms with Gasteiger partial charge in [-0.05, 0) is 74.5 Å². The van der Waals surface area contributed by atoms with Gasteiger partial charge in [-0.15, -0.1) is 0 Å². The van der Waals surface area contributed by atoms with Crippen LogP contribution in [0.5, 0.6) is 5.75 Å². The largest absolute Gasteiger partial charge is 0.492 e. The number of hydrogen-bond acceptors (Lipinski definition) is 7. The van der Waals surface area contributed by atoms with Crippen molar-refractivity contribution in [3.63, 3.8) is 0 Å². The van der Waals surface area contributed by atoms with E-state index >= 15 is 0 Å². The molecule has 1 saturated heterocycles. The highest BCUT2D eigenvalue weighted by Gasteiger charge is 2.31. The second-order valence-corrected chi connectivity index (χ2v) is 10.4. The van der Waals surface area contributed by atoms with Gasteiger partial charge in [0.1, 0.15) is 12.4 Å². The van der Waals surface area contributed by atoms with Crippen molar-refractivity contribution in [3.05, 3.63) is 101 Å². The molecule has 0 saturated carbocycles. The first-order chi connectivity index (χ1) is 21.1. The summed E-state index contributed by atoms with van der Waals surface area (Å²) in [6.07, 6.45) is 0.562. The van der Waals surface area contributed by atoms with Gasteiger partial charge < -0.3 is 20.7 Å². The highest BCUT2D eigenvalue weighted by molar-refractivity contribution is 6.34. The van der Waals surface area contributed by atoms with E-state index in [0.29, 0.717) is 6.61 Å². The average Bonchev–Trinajstić information content (AvgIpc) is 3.53. The maximum absolute atomic E-state index is 13.0. The first kappa shape index (κ1) is 30.8. The van der Waals surface area contributed by atoms with Crippen LogP contribution in [0.4, 0.5) is 36.2 Å². The van der Waals surface area contributed by atoms with Crippen molar-refractivity contribution in [2.45, 2.75) is 19.0 Å². The molecule has 0 unspecified atom stereocenters. The Balaban J connectivity index is 1.17. The summed E-state index contributed by atoms with van der Waals surface area (Å²) in [6.45, 7) is 3.70. The predicted octanol–water partition coefficient (Wildman–Crippen LogP) is 6.87. The van der Waals surface area contributed by atoms with Gasteiger partial charge in [0.05, 0.1) is 21.8 Å². The SMILES string of the molecule is O=C(Nc1ccc(Cl)c(NC(=O)c2cnc(Nc3cccc(OCCN4CCCC4)c3)nc2)c1)c1cccc(C(F)(F)F)c1. The third kappa shape index (κ3) is 8.23. The molecule has 13 heteroatoms. The third-order valence-electron chi connectivity index (χ3n) is 6.80. The fourth-order valence-electron chi connectivity index (χ4n) is 4.53. The van der Waals surface area contributed by atoms with E-state index in [1.54, 1.807) is 0 Å². The van der Waals surface area contributed by atoms with E-state index in [0.717, 1.165) is 49.3 Å². The summed E-state index contributed by atoms with van der Waals surface area (Å²) in [5.41, 5.74) is 0.125. The Bertz CT molecular complexity index is 1630. The molecule has 0 atom stereocenters. The summed E-state index contributed by atoms with van der Waals surface area (Å²) in [5, 5.41) is 8.41. The molecular weight excluding hydrogens is 597 g/mol. The van der Waals surface area contributed by atoms with Crippen LogP contribution in [0.2, 0.25) is 5.02 Å². The zero-order chi connectivity index (χ0) is 31.1. The fraction of sp³-hybridized carbons (Fsp3) is 0.226. The van der Waals surface area contributed by atoms with Gasteiger partial charge in [-0.3, -0.25) is 14.5 Å². The topological polar surface area (TPSA) is 108 Å². The van der Waals surface area contributed by atoms with Crippen LogP contribution >= 0.6 is 11.6 Å². The molecule has 44 heavy (non-hydrogen) atoms. The number of amides is 2. The zero-order valence-corrected chi connectivity index (χ0v) is 24.1. The van der Waals surface area contributed by atoms with E-state index in [4.69, 9.17) is 16.3 Å². The molecule has 0 radical (unpaired) electrons. The second kappa shape index (κ2) is 13.7. The second-order valence-electron chi connectivity index (χ2n) is 10.0. The molecule has 0 aliphatic carbocycles. The Hall–Kier alpha value is -4.68. The van der Waals surface area contributed by atoms with Crippen LogP contribution in [0.15, 0.2) is 79.1 Å². The number of anilines is 4. The van der Waals surface area contributed by atoms with Crippen LogP contribution < -0.4 is 20.7 Å². The van der Waals surface area contributed by atoms with Crippen molar-refractivity contribution in [3.8, 4) is 5.75 Å². The number of benzene rings is 3. The van der Waals surface area contributed by atoms with Gasteiger partial charge in [0, 0.05) is 41.9 Å². The fourth-order valence-corrected chi connectivity index (χ4v) is 4.70. The van der Waals surface area contributed by atoms with Crippen LogP contribution in [-0.4, -0.2) is 52.9 Å². The zero-order valence-electron chi connectivity index (χ0n) is 23.3. The number of nitrogens with zero attached hydrogens (tertiary/aromatic N) is 3. The standard InChI is InChI=1S/C31H28ClF3N6O3/c32-26-10-9-24(38-28(42)20-5-3-6-22(15-20)31(33,34)35)17-27(26)40-29(43)21-18-36-30(37-19-21)39-23-7-4-8-25(16-23)44-14-13-41-11-1-2-12-41/h3-10,15-19H,1-2,11-14H2,(H,38,42)(H,40,43)(H,36,37,39). The van der Waals surface area contributed by atoms with Gasteiger partial charge >= 0.3 is 6.18 Å². The summed E-state index contributed by atoms with van der Waals surface area (Å²) < 4.78 is 45.0. The maximum atomic E-state index is 13.0. The van der Waals surface area contributed by atoms with Crippen LogP contribution in [0, 0.1) is 0 Å². The molecule has 0 spiro atoms. The molecule has 1 aromatic heterocycles. The number of ether oxygens (including phenoxy) is 1. The smallest absolute Gasteiger partial charge is 0.416 e. The Morgan fingerprint density at radius 3 is 2.34 bits per heavy atom. The summed E-state index contributed by atoms with van der Waals surface area (Å²) in [5.74, 6) is -0.331. The van der Waals surface area contributed by atoms with Gasteiger partial charge in [-0.1, -0.05) is 23.7 Å². The van der Waals surface area contributed by atoms with E-state index in [9.17, 15) is 22.8 Å². The third-order valence-corrected chi connectivity index (χ3v) is 7.13. The van der Waals surface area contributed by atoms with Crippen molar-refractivity contribution >= 4 is 46.4 Å². The molecule has 4 aromatic rings. The summed E-state index contributed by atoms with van der Waals surface area (Å²) in [7, 11) is 0. The number of hydrogen-bond donors (Lipinski definition) is 3. The molecule has 3 N–H and O–H groups in total. The van der Waals surface area contributed by atoms with Crippen LogP contribution in [-0.2, 0) is 6.18 Å². The molecule has 2 heterocycles. The molecular formula is C31H28ClF3N6O3. The summed E-state index contributed by atoms with van der Waals surface area (Å²) in [4.78, 5) is 36.3. The van der Waals surface area contributed by atoms with Gasteiger partial charge in [-0.2, -0.15) is 13.2 Å². The Kier molecular flexibility index (Phi) is 9.61. The number of aromatic nitrogens is 2. The number of carbonyl (C=O) groups excluding carboxylic acids is 2. The van der Waals surface area contributed by atoms with Crippen LogP contribution in [0.3, 0.4) is 0 Å². The van der Waals surface area contributed by atoms with E-state index in [1.165, 1.54) is 49.5 Å². The van der Waals surface area contributed by atoms with Gasteiger partial charge in [0.2, 0.25) is 5.95 Å². The molecule has 5 rings (SSSR count). The Morgan fingerprint density at radius 1 is 0.864 bits per heavy atom. The molecule has 1 aliphatic heterocycles. The summed E-state index contributed by atoms with van der Waals surface area (Å²) in [6, 6.07) is 15.8. The van der Waals surface area contributed by atoms with Crippen molar-refractivity contribution < 1.29 is 27.5 Å². The molecule has 1 fully saturated rings. The normalized spacial score (nSPS) is 13.4. The van der Waals surface area contributed by atoms with E-state index in [-0.39, 0.29) is 33.5 Å². The Morgan fingerprint density at radius 2 is 1.59 bits per heavy atom. The van der Waals surface area contributed by atoms with Crippen molar-refractivity contribution in [1.82, 2.24) is 14.9 Å². The van der Waals surface area contributed by atoms with E-state index in [1.807, 2.05) is 24.3 Å². The maximum Gasteiger partial charge on any atom is 0.416 e. The van der Waals surface area contributed by atoms with E-state index in [2.05, 4.69) is 30.8 Å². The first-order valence-corrected chi connectivity index (χ1v) is 14.2. The van der Waals surface area contributed by atoms with Crippen molar-refractivity contribution in [2.24, 2.45) is 0 Å². The number of likely N-dealkylation sites (tertiary alicyclic amines) is 1. The van der Waals surface area contributed by atoms with Gasteiger partial charge in [0.15, 0.2) is 0 Å². The minimum absolute atomic E-state index is 0.143. The lowest BCUT2D eigenvalue weighted by Gasteiger charge is -2.15. The number of halogens is 4. The minimum atomic E-state index is -4.58. The molecule has 0 bridgehead atoms. The van der Waals surface area contributed by atoms with Crippen LogP contribution in [0.1, 0.15) is 39.1 Å². The molecule has 1 aliphatic rings. The number of rotatable bonds is 10. The van der Waals surface area contributed by atoms with Gasteiger partial charge in [0.25, 0.3) is 11.8 Å². The number of nitrogens with one attached hydrogen (secondary N) is 3. The highest BCUT2D eigenvalue weighted by atomic mass is 35.5. The quantitative estimate of drug-likeness (QED) is 0.177. The molecule has 3 aromatic carbocycles. The molecule has 9 nitrogen and oxygen atoms in total. The minimum Gasteiger partial charge on any atom is -0.492 e. The lowest BCUT2D eigenvalue weighted by molar-refractivity contribution is -0.137. The Labute approximate surface area is 256 Å². The monoisotopic (exact) mass is 624 g/mol.